The zero-order chi connectivity index (χ0) is 13.8. The van der Waals surface area contributed by atoms with Crippen molar-refractivity contribution in [1.29, 1.82) is 0 Å². The topological polar surface area (TPSA) is 38.0 Å². The first-order chi connectivity index (χ1) is 9.17. The molecule has 1 aliphatic carbocycles. The second kappa shape index (κ2) is 7.58. The normalized spacial score (nSPS) is 42.0. The summed E-state index contributed by atoms with van der Waals surface area (Å²) in [6, 6.07) is 0.512. The number of nitrogens with two attached hydrogens (primary N) is 1. The highest BCUT2D eigenvalue weighted by atomic mass is 32.2. The van der Waals surface area contributed by atoms with Gasteiger partial charge >= 0.3 is 0 Å². The van der Waals surface area contributed by atoms with Gasteiger partial charge in [0.25, 0.3) is 0 Å². The largest absolute Gasteiger partial charge is 0.271 e. The highest BCUT2D eigenvalue weighted by molar-refractivity contribution is 8.07. The van der Waals surface area contributed by atoms with Gasteiger partial charge in [-0.1, -0.05) is 46.5 Å². The molecule has 1 heterocycles. The van der Waals surface area contributed by atoms with E-state index in [-0.39, 0.29) is 0 Å². The van der Waals surface area contributed by atoms with Crippen molar-refractivity contribution < 1.29 is 0 Å². The number of rotatable bonds is 4. The monoisotopic (exact) mass is 302 g/mol. The van der Waals surface area contributed by atoms with Gasteiger partial charge in [0, 0.05) is 27.5 Å². The molecule has 2 aliphatic rings. The average molecular weight is 303 g/mol. The molecule has 4 heteroatoms. The third kappa shape index (κ3) is 3.84. The van der Waals surface area contributed by atoms with E-state index in [9.17, 15) is 0 Å². The molecule has 2 rings (SSSR count). The Hall–Kier alpha value is 0.620. The highest BCUT2D eigenvalue weighted by Gasteiger charge is 2.38. The molecule has 0 radical (unpaired) electrons. The first-order valence-corrected chi connectivity index (χ1v) is 9.89. The van der Waals surface area contributed by atoms with Crippen molar-refractivity contribution >= 4 is 23.5 Å². The number of hydrazine groups is 1. The Kier molecular flexibility index (Phi) is 6.38. The Morgan fingerprint density at radius 1 is 1.21 bits per heavy atom. The fourth-order valence-corrected chi connectivity index (χ4v) is 6.89. The summed E-state index contributed by atoms with van der Waals surface area (Å²) in [5.74, 6) is 8.90. The molecule has 0 aromatic carbocycles. The summed E-state index contributed by atoms with van der Waals surface area (Å²) in [7, 11) is 0. The Bertz CT molecular complexity index is 275. The molecule has 1 aliphatic heterocycles. The van der Waals surface area contributed by atoms with Crippen LogP contribution >= 0.6 is 23.5 Å². The van der Waals surface area contributed by atoms with E-state index in [1.807, 2.05) is 0 Å². The van der Waals surface area contributed by atoms with Crippen LogP contribution in [-0.4, -0.2) is 27.5 Å². The van der Waals surface area contributed by atoms with E-state index >= 15 is 0 Å². The first kappa shape index (κ1) is 16.0. The highest BCUT2D eigenvalue weighted by Crippen LogP contribution is 2.42. The Balaban J connectivity index is 2.01. The minimum absolute atomic E-state index is 0.512. The van der Waals surface area contributed by atoms with E-state index in [0.29, 0.717) is 11.3 Å². The molecule has 2 nitrogen and oxygen atoms in total. The summed E-state index contributed by atoms with van der Waals surface area (Å²) < 4.78 is 0. The SMILES string of the molecule is CCC1CCCCC1C(NN)C1CSC(C)C(C)S1. The third-order valence-corrected chi connectivity index (χ3v) is 8.64. The summed E-state index contributed by atoms with van der Waals surface area (Å²) in [4.78, 5) is 0. The van der Waals surface area contributed by atoms with Crippen LogP contribution in [0.5, 0.6) is 0 Å². The van der Waals surface area contributed by atoms with Gasteiger partial charge in [0.2, 0.25) is 0 Å². The summed E-state index contributed by atoms with van der Waals surface area (Å²) in [6.07, 6.45) is 6.93. The molecule has 3 N–H and O–H groups in total. The zero-order valence-corrected chi connectivity index (χ0v) is 14.2. The van der Waals surface area contributed by atoms with Gasteiger partial charge in [-0.15, -0.1) is 0 Å². The van der Waals surface area contributed by atoms with E-state index in [1.54, 1.807) is 0 Å². The molecule has 6 atom stereocenters. The number of hydrogen-bond donors (Lipinski definition) is 2. The molecule has 0 amide bonds. The van der Waals surface area contributed by atoms with Crippen LogP contribution in [0.4, 0.5) is 0 Å². The molecule has 0 aromatic heterocycles. The van der Waals surface area contributed by atoms with Crippen molar-refractivity contribution in [2.45, 2.75) is 74.7 Å². The van der Waals surface area contributed by atoms with Crippen LogP contribution in [0.25, 0.3) is 0 Å². The molecule has 6 unspecified atom stereocenters. The first-order valence-electron chi connectivity index (χ1n) is 7.90. The van der Waals surface area contributed by atoms with Crippen LogP contribution in [-0.2, 0) is 0 Å². The van der Waals surface area contributed by atoms with E-state index < -0.39 is 0 Å². The van der Waals surface area contributed by atoms with E-state index in [1.165, 1.54) is 37.9 Å². The van der Waals surface area contributed by atoms with Gasteiger partial charge < -0.3 is 0 Å². The van der Waals surface area contributed by atoms with Crippen LogP contribution in [0.3, 0.4) is 0 Å². The molecule has 112 valence electrons. The molecular formula is C15H30N2S2. The molecule has 1 saturated heterocycles. The van der Waals surface area contributed by atoms with Gasteiger partial charge in [0.05, 0.1) is 0 Å². The minimum atomic E-state index is 0.512. The van der Waals surface area contributed by atoms with Crippen molar-refractivity contribution in [1.82, 2.24) is 5.43 Å². The molecule has 2 fully saturated rings. The summed E-state index contributed by atoms with van der Waals surface area (Å²) >= 11 is 4.30. The number of thioether (sulfide) groups is 2. The minimum Gasteiger partial charge on any atom is -0.271 e. The number of nitrogens with one attached hydrogen (secondary N) is 1. The van der Waals surface area contributed by atoms with Crippen molar-refractivity contribution in [2.24, 2.45) is 17.7 Å². The van der Waals surface area contributed by atoms with Crippen LogP contribution < -0.4 is 11.3 Å². The van der Waals surface area contributed by atoms with Gasteiger partial charge in [-0.25, -0.2) is 0 Å². The van der Waals surface area contributed by atoms with Crippen molar-refractivity contribution in [3.05, 3.63) is 0 Å². The maximum Gasteiger partial charge on any atom is 0.0368 e. The summed E-state index contributed by atoms with van der Waals surface area (Å²) in [6.45, 7) is 7.09. The lowest BCUT2D eigenvalue weighted by molar-refractivity contribution is 0.175. The molecule has 19 heavy (non-hydrogen) atoms. The fraction of sp³-hybridized carbons (Fsp3) is 1.00. The predicted molar refractivity (Wildman–Crippen MR) is 89.6 cm³/mol. The van der Waals surface area contributed by atoms with Crippen molar-refractivity contribution in [3.8, 4) is 0 Å². The van der Waals surface area contributed by atoms with Gasteiger partial charge in [0.1, 0.15) is 0 Å². The summed E-state index contributed by atoms with van der Waals surface area (Å²) in [5.41, 5.74) is 3.21. The zero-order valence-electron chi connectivity index (χ0n) is 12.6. The van der Waals surface area contributed by atoms with Gasteiger partial charge in [-0.2, -0.15) is 23.5 Å². The van der Waals surface area contributed by atoms with Gasteiger partial charge in [-0.05, 0) is 18.3 Å². The second-order valence-corrected chi connectivity index (χ2v) is 9.26. The van der Waals surface area contributed by atoms with E-state index in [2.05, 4.69) is 49.7 Å². The average Bonchev–Trinajstić information content (AvgIpc) is 2.44. The van der Waals surface area contributed by atoms with Gasteiger partial charge in [-0.3, -0.25) is 11.3 Å². The Morgan fingerprint density at radius 3 is 2.58 bits per heavy atom. The van der Waals surface area contributed by atoms with Crippen LogP contribution in [0.15, 0.2) is 0 Å². The standard InChI is InChI=1S/C15H30N2S2/c1-4-12-7-5-6-8-13(12)15(17-16)14-9-18-10(2)11(3)19-14/h10-15,17H,4-9,16H2,1-3H3. The Morgan fingerprint density at radius 2 is 1.95 bits per heavy atom. The fourth-order valence-electron chi connectivity index (χ4n) is 3.72. The molecular weight excluding hydrogens is 272 g/mol. The van der Waals surface area contributed by atoms with Crippen molar-refractivity contribution in [2.75, 3.05) is 5.75 Å². The Labute approximate surface area is 127 Å². The molecule has 1 saturated carbocycles. The lowest BCUT2D eigenvalue weighted by Crippen LogP contribution is -2.53. The second-order valence-electron chi connectivity index (χ2n) is 6.23. The van der Waals surface area contributed by atoms with Crippen LogP contribution in [0.1, 0.15) is 52.9 Å². The van der Waals surface area contributed by atoms with E-state index in [4.69, 9.17) is 5.84 Å². The molecule has 0 bridgehead atoms. The van der Waals surface area contributed by atoms with Gasteiger partial charge in [0.15, 0.2) is 0 Å². The smallest absolute Gasteiger partial charge is 0.0368 e. The summed E-state index contributed by atoms with van der Waals surface area (Å²) in [5, 5.41) is 2.23. The predicted octanol–water partition coefficient (Wildman–Crippen LogP) is 3.66. The number of hydrogen-bond acceptors (Lipinski definition) is 4. The van der Waals surface area contributed by atoms with Crippen molar-refractivity contribution in [3.63, 3.8) is 0 Å². The molecule has 0 spiro atoms. The lowest BCUT2D eigenvalue weighted by atomic mass is 9.73. The van der Waals surface area contributed by atoms with Crippen LogP contribution in [0, 0.1) is 11.8 Å². The quantitative estimate of drug-likeness (QED) is 0.614. The van der Waals surface area contributed by atoms with E-state index in [0.717, 1.165) is 22.3 Å². The lowest BCUT2D eigenvalue weighted by Gasteiger charge is -2.43. The maximum absolute atomic E-state index is 5.96. The van der Waals surface area contributed by atoms with Crippen LogP contribution in [0.2, 0.25) is 0 Å². The third-order valence-electron chi connectivity index (χ3n) is 5.12. The molecule has 0 aromatic rings. The maximum atomic E-state index is 5.96.